The molecule has 0 radical (unpaired) electrons. The highest BCUT2D eigenvalue weighted by Crippen LogP contribution is 2.28. The summed E-state index contributed by atoms with van der Waals surface area (Å²) in [4.78, 5) is 4.54. The molecule has 1 N–H and O–H groups in total. The Morgan fingerprint density at radius 3 is 2.83 bits per heavy atom. The van der Waals surface area contributed by atoms with Crippen LogP contribution in [-0.4, -0.2) is 18.3 Å². The summed E-state index contributed by atoms with van der Waals surface area (Å²) < 4.78 is 7.25. The number of nitrogens with zero attached hydrogens (tertiary/aromatic N) is 2. The minimum absolute atomic E-state index is 0.754. The number of hydrogen-bond acceptors (Lipinski definition) is 5. The second kappa shape index (κ2) is 8.09. The van der Waals surface area contributed by atoms with Gasteiger partial charge in [0.05, 0.1) is 22.6 Å². The second-order valence-electron chi connectivity index (χ2n) is 4.78. The smallest absolute Gasteiger partial charge is 0.203 e. The second-order valence-corrected chi connectivity index (χ2v) is 7.66. The lowest BCUT2D eigenvalue weighted by Gasteiger charge is -2.06. The van der Waals surface area contributed by atoms with Crippen molar-refractivity contribution in [1.29, 1.82) is 0 Å². The molecule has 0 aliphatic rings. The maximum atomic E-state index is 5.29. The molecule has 0 saturated carbocycles. The lowest BCUT2D eigenvalue weighted by atomic mass is 10.2. The van der Waals surface area contributed by atoms with Crippen LogP contribution in [0.2, 0.25) is 0 Å². The number of thiazole rings is 1. The Morgan fingerprint density at radius 1 is 1.29 bits per heavy atom. The van der Waals surface area contributed by atoms with Crippen LogP contribution in [0.4, 0.5) is 5.13 Å². The molecular weight excluding hydrogens is 501 g/mol. The predicted molar refractivity (Wildman–Crippen MR) is 112 cm³/mol. The molecule has 0 aliphatic carbocycles. The third-order valence-electron chi connectivity index (χ3n) is 3.21. The zero-order chi connectivity index (χ0) is 16.9. The highest BCUT2D eigenvalue weighted by atomic mass is 127. The van der Waals surface area contributed by atoms with Crippen molar-refractivity contribution in [2.75, 3.05) is 12.5 Å². The molecule has 1 aromatic heterocycles. The van der Waals surface area contributed by atoms with Gasteiger partial charge in [-0.15, -0.1) is 11.3 Å². The quantitative estimate of drug-likeness (QED) is 0.273. The van der Waals surface area contributed by atoms with Gasteiger partial charge in [0.1, 0.15) is 5.75 Å². The van der Waals surface area contributed by atoms with Crippen molar-refractivity contribution < 1.29 is 4.74 Å². The largest absolute Gasteiger partial charge is 0.496 e. The Bertz CT molecular complexity index is 868. The average Bonchev–Trinajstić information content (AvgIpc) is 3.07. The van der Waals surface area contributed by atoms with E-state index < -0.39 is 0 Å². The van der Waals surface area contributed by atoms with Crippen LogP contribution in [0.1, 0.15) is 5.56 Å². The number of ether oxygens (including phenoxy) is 1. The summed E-state index contributed by atoms with van der Waals surface area (Å²) in [5, 5.41) is 7.04. The lowest BCUT2D eigenvalue weighted by molar-refractivity contribution is 0.411. The van der Waals surface area contributed by atoms with Crippen molar-refractivity contribution in [3.63, 3.8) is 0 Å². The van der Waals surface area contributed by atoms with Gasteiger partial charge >= 0.3 is 0 Å². The maximum absolute atomic E-state index is 5.29. The Labute approximate surface area is 166 Å². The van der Waals surface area contributed by atoms with Crippen molar-refractivity contribution in [3.05, 3.63) is 61.5 Å². The molecule has 0 unspecified atom stereocenters. The summed E-state index contributed by atoms with van der Waals surface area (Å²) in [6.45, 7) is 0. The van der Waals surface area contributed by atoms with Gasteiger partial charge in [0.2, 0.25) is 5.13 Å². The van der Waals surface area contributed by atoms with Crippen molar-refractivity contribution >= 4 is 61.2 Å². The topological polar surface area (TPSA) is 46.5 Å². The van der Waals surface area contributed by atoms with E-state index in [0.29, 0.717) is 0 Å². The minimum atomic E-state index is 0.754. The Balaban J connectivity index is 1.71. The monoisotopic (exact) mass is 513 g/mol. The molecule has 2 aromatic carbocycles. The number of rotatable bonds is 5. The van der Waals surface area contributed by atoms with Crippen LogP contribution in [0.25, 0.3) is 11.3 Å². The van der Waals surface area contributed by atoms with Crippen LogP contribution >= 0.6 is 49.9 Å². The van der Waals surface area contributed by atoms with E-state index in [1.54, 1.807) is 13.3 Å². The van der Waals surface area contributed by atoms with Gasteiger partial charge in [-0.05, 0) is 50.7 Å². The number of anilines is 1. The summed E-state index contributed by atoms with van der Waals surface area (Å²) in [5.74, 6) is 0.833. The summed E-state index contributed by atoms with van der Waals surface area (Å²) in [7, 11) is 1.66. The molecule has 24 heavy (non-hydrogen) atoms. The molecule has 0 bridgehead atoms. The number of nitrogens with one attached hydrogen (secondary N) is 1. The molecular formula is C17H13BrIN3OS. The molecule has 4 nitrogen and oxygen atoms in total. The van der Waals surface area contributed by atoms with Crippen molar-refractivity contribution in [1.82, 2.24) is 4.98 Å². The van der Waals surface area contributed by atoms with Crippen molar-refractivity contribution in [2.24, 2.45) is 5.10 Å². The predicted octanol–water partition coefficient (Wildman–Crippen LogP) is 5.63. The van der Waals surface area contributed by atoms with E-state index in [0.717, 1.165) is 35.7 Å². The van der Waals surface area contributed by atoms with Gasteiger partial charge in [-0.2, -0.15) is 5.10 Å². The van der Waals surface area contributed by atoms with Crippen molar-refractivity contribution in [2.45, 2.75) is 0 Å². The molecule has 122 valence electrons. The number of halogens is 2. The normalized spacial score (nSPS) is 11.0. The number of aromatic nitrogens is 1. The molecule has 0 aliphatic heterocycles. The van der Waals surface area contributed by atoms with Gasteiger partial charge in [-0.25, -0.2) is 4.98 Å². The summed E-state index contributed by atoms with van der Waals surface area (Å²) in [6, 6.07) is 14.0. The number of methoxy groups -OCH3 is 1. The van der Waals surface area contributed by atoms with Gasteiger partial charge in [0.25, 0.3) is 0 Å². The zero-order valence-corrected chi connectivity index (χ0v) is 17.2. The van der Waals surface area contributed by atoms with Gasteiger partial charge < -0.3 is 4.74 Å². The highest BCUT2D eigenvalue weighted by molar-refractivity contribution is 14.1. The van der Waals surface area contributed by atoms with E-state index in [9.17, 15) is 0 Å². The SMILES string of the molecule is COc1cc(Br)c(C=NNc2nc(-c3ccccc3)cs2)cc1I. The first kappa shape index (κ1) is 17.4. The van der Waals surface area contributed by atoms with Crippen LogP contribution in [0.15, 0.2) is 57.4 Å². The van der Waals surface area contributed by atoms with E-state index in [2.05, 4.69) is 54.0 Å². The van der Waals surface area contributed by atoms with E-state index in [4.69, 9.17) is 4.74 Å². The first-order chi connectivity index (χ1) is 11.7. The Hall–Kier alpha value is -1.45. The van der Waals surface area contributed by atoms with E-state index >= 15 is 0 Å². The highest BCUT2D eigenvalue weighted by Gasteiger charge is 2.06. The van der Waals surface area contributed by atoms with E-state index in [1.807, 2.05) is 47.8 Å². The first-order valence-electron chi connectivity index (χ1n) is 7.00. The first-order valence-corrected chi connectivity index (χ1v) is 9.75. The average molecular weight is 514 g/mol. The molecule has 0 spiro atoms. The van der Waals surface area contributed by atoms with Gasteiger partial charge in [-0.3, -0.25) is 5.43 Å². The number of benzene rings is 2. The Kier molecular flexibility index (Phi) is 5.85. The molecule has 3 rings (SSSR count). The molecule has 0 saturated heterocycles. The molecule has 0 atom stereocenters. The summed E-state index contributed by atoms with van der Waals surface area (Å²) in [6.07, 6.45) is 1.76. The van der Waals surface area contributed by atoms with Crippen LogP contribution < -0.4 is 10.2 Å². The van der Waals surface area contributed by atoms with Crippen LogP contribution in [-0.2, 0) is 0 Å². The van der Waals surface area contributed by atoms with Crippen LogP contribution in [0.3, 0.4) is 0 Å². The van der Waals surface area contributed by atoms with Gasteiger partial charge in [0, 0.05) is 21.0 Å². The maximum Gasteiger partial charge on any atom is 0.203 e. The van der Waals surface area contributed by atoms with Gasteiger partial charge in [-0.1, -0.05) is 30.3 Å². The number of hydrazone groups is 1. The molecule has 3 aromatic rings. The zero-order valence-electron chi connectivity index (χ0n) is 12.7. The third kappa shape index (κ3) is 4.14. The lowest BCUT2D eigenvalue weighted by Crippen LogP contribution is -1.94. The van der Waals surface area contributed by atoms with Crippen LogP contribution in [0.5, 0.6) is 5.75 Å². The molecule has 1 heterocycles. The molecule has 0 fully saturated rings. The summed E-state index contributed by atoms with van der Waals surface area (Å²) in [5.41, 5.74) is 5.98. The fraction of sp³-hybridized carbons (Fsp3) is 0.0588. The molecule has 0 amide bonds. The summed E-state index contributed by atoms with van der Waals surface area (Å²) >= 11 is 7.29. The third-order valence-corrected chi connectivity index (χ3v) is 5.49. The fourth-order valence-electron chi connectivity index (χ4n) is 2.02. The van der Waals surface area contributed by atoms with E-state index in [1.165, 1.54) is 11.3 Å². The molecule has 7 heteroatoms. The van der Waals surface area contributed by atoms with Gasteiger partial charge in [0.15, 0.2) is 0 Å². The fourth-order valence-corrected chi connectivity index (χ4v) is 3.83. The Morgan fingerprint density at radius 2 is 2.08 bits per heavy atom. The minimum Gasteiger partial charge on any atom is -0.496 e. The standard InChI is InChI=1S/C17H13BrIN3OS/c1-23-16-8-13(18)12(7-14(16)19)9-20-22-17-21-15(10-24-17)11-5-3-2-4-6-11/h2-10H,1H3,(H,21,22). The number of hydrogen-bond donors (Lipinski definition) is 1. The van der Waals surface area contributed by atoms with Crippen molar-refractivity contribution in [3.8, 4) is 17.0 Å². The van der Waals surface area contributed by atoms with Crippen LogP contribution in [0, 0.1) is 3.57 Å². The van der Waals surface area contributed by atoms with E-state index in [-0.39, 0.29) is 0 Å².